The standard InChI is InChI=1S/C16H17N3O5S/c1-3-24-14-7-5-13(6-8-14)11-17-18-25(22,23)15-9-4-12(2)16(10-15)19(20)21/h4-11,18H,3H2,1-2H3/b17-11+. The molecule has 0 aliphatic rings. The van der Waals surface area contributed by atoms with Crippen molar-refractivity contribution < 1.29 is 18.1 Å². The van der Waals surface area contributed by atoms with E-state index in [0.717, 1.165) is 6.07 Å². The van der Waals surface area contributed by atoms with Crippen LogP contribution in [0.15, 0.2) is 52.5 Å². The second-order valence-electron chi connectivity index (χ2n) is 5.06. The summed E-state index contributed by atoms with van der Waals surface area (Å²) in [5.41, 5.74) is 0.779. The van der Waals surface area contributed by atoms with E-state index in [2.05, 4.69) is 5.10 Å². The molecule has 0 aliphatic heterocycles. The highest BCUT2D eigenvalue weighted by atomic mass is 32.2. The molecule has 0 amide bonds. The van der Waals surface area contributed by atoms with E-state index < -0.39 is 14.9 Å². The lowest BCUT2D eigenvalue weighted by molar-refractivity contribution is -0.385. The Hall–Kier alpha value is -2.94. The number of rotatable bonds is 7. The highest BCUT2D eigenvalue weighted by molar-refractivity contribution is 7.89. The number of hydrazone groups is 1. The molecule has 132 valence electrons. The van der Waals surface area contributed by atoms with Crippen LogP contribution in [0.5, 0.6) is 5.75 Å². The molecule has 0 bridgehead atoms. The summed E-state index contributed by atoms with van der Waals surface area (Å²) in [6.45, 7) is 3.96. The van der Waals surface area contributed by atoms with Crippen LogP contribution in [0.25, 0.3) is 0 Å². The number of ether oxygens (including phenoxy) is 1. The van der Waals surface area contributed by atoms with Crippen LogP contribution in [0.1, 0.15) is 18.1 Å². The first-order valence-electron chi connectivity index (χ1n) is 7.36. The van der Waals surface area contributed by atoms with Crippen LogP contribution in [-0.2, 0) is 10.0 Å². The van der Waals surface area contributed by atoms with Gasteiger partial charge in [-0.3, -0.25) is 10.1 Å². The Morgan fingerprint density at radius 1 is 1.24 bits per heavy atom. The van der Waals surface area contributed by atoms with Gasteiger partial charge in [0, 0.05) is 11.6 Å². The zero-order valence-electron chi connectivity index (χ0n) is 13.7. The maximum absolute atomic E-state index is 12.2. The van der Waals surface area contributed by atoms with Gasteiger partial charge in [-0.25, -0.2) is 4.83 Å². The fraction of sp³-hybridized carbons (Fsp3) is 0.188. The van der Waals surface area contributed by atoms with Gasteiger partial charge in [0.25, 0.3) is 15.7 Å². The second kappa shape index (κ2) is 7.75. The molecule has 2 aromatic carbocycles. The van der Waals surface area contributed by atoms with Gasteiger partial charge < -0.3 is 4.74 Å². The van der Waals surface area contributed by atoms with Crippen molar-refractivity contribution in [2.24, 2.45) is 5.10 Å². The van der Waals surface area contributed by atoms with Crippen molar-refractivity contribution >= 4 is 21.9 Å². The molecule has 0 aromatic heterocycles. The summed E-state index contributed by atoms with van der Waals surface area (Å²) in [6.07, 6.45) is 1.33. The van der Waals surface area contributed by atoms with Crippen molar-refractivity contribution in [1.29, 1.82) is 0 Å². The Kier molecular flexibility index (Phi) is 5.71. The number of nitro groups is 1. The molecule has 0 radical (unpaired) electrons. The molecule has 8 nitrogen and oxygen atoms in total. The third kappa shape index (κ3) is 4.77. The fourth-order valence-corrected chi connectivity index (χ4v) is 2.80. The van der Waals surface area contributed by atoms with E-state index in [0.29, 0.717) is 23.5 Å². The van der Waals surface area contributed by atoms with E-state index in [9.17, 15) is 18.5 Å². The number of sulfonamides is 1. The van der Waals surface area contributed by atoms with Crippen LogP contribution in [0, 0.1) is 17.0 Å². The van der Waals surface area contributed by atoms with Gasteiger partial charge in [0.15, 0.2) is 0 Å². The molecule has 9 heteroatoms. The molecule has 0 saturated carbocycles. The molecule has 0 spiro atoms. The quantitative estimate of drug-likeness (QED) is 0.462. The normalized spacial score (nSPS) is 11.4. The number of nitrogens with zero attached hydrogens (tertiary/aromatic N) is 2. The summed E-state index contributed by atoms with van der Waals surface area (Å²) in [6, 6.07) is 10.6. The lowest BCUT2D eigenvalue weighted by Gasteiger charge is -2.05. The minimum atomic E-state index is -4.00. The molecular formula is C16H17N3O5S. The first-order chi connectivity index (χ1) is 11.8. The first-order valence-corrected chi connectivity index (χ1v) is 8.84. The van der Waals surface area contributed by atoms with E-state index in [4.69, 9.17) is 4.74 Å². The van der Waals surface area contributed by atoms with E-state index in [-0.39, 0.29) is 10.6 Å². The van der Waals surface area contributed by atoms with E-state index >= 15 is 0 Å². The Morgan fingerprint density at radius 2 is 1.92 bits per heavy atom. The average molecular weight is 363 g/mol. The maximum Gasteiger partial charge on any atom is 0.276 e. The first kappa shape index (κ1) is 18.4. The van der Waals surface area contributed by atoms with E-state index in [1.54, 1.807) is 24.3 Å². The smallest absolute Gasteiger partial charge is 0.276 e. The summed E-state index contributed by atoms with van der Waals surface area (Å²) < 4.78 is 29.7. The molecule has 0 aliphatic carbocycles. The van der Waals surface area contributed by atoms with Crippen LogP contribution in [0.3, 0.4) is 0 Å². The average Bonchev–Trinajstić information content (AvgIpc) is 2.56. The van der Waals surface area contributed by atoms with Gasteiger partial charge in [-0.2, -0.15) is 13.5 Å². The van der Waals surface area contributed by atoms with Gasteiger partial charge in [-0.15, -0.1) is 0 Å². The second-order valence-corrected chi connectivity index (χ2v) is 6.72. The van der Waals surface area contributed by atoms with Crippen molar-refractivity contribution in [3.8, 4) is 5.75 Å². The SMILES string of the molecule is CCOc1ccc(/C=N/NS(=O)(=O)c2ccc(C)c([N+](=O)[O-])c2)cc1. The third-order valence-corrected chi connectivity index (χ3v) is 4.49. The van der Waals surface area contributed by atoms with Gasteiger partial charge in [-0.1, -0.05) is 6.07 Å². The molecule has 0 saturated heterocycles. The molecule has 0 atom stereocenters. The van der Waals surface area contributed by atoms with Gasteiger partial charge in [0.05, 0.1) is 22.6 Å². The molecule has 2 rings (SSSR count). The van der Waals surface area contributed by atoms with Gasteiger partial charge in [0.1, 0.15) is 5.75 Å². The highest BCUT2D eigenvalue weighted by Crippen LogP contribution is 2.22. The Bertz CT molecular complexity index is 892. The molecular weight excluding hydrogens is 346 g/mol. The lowest BCUT2D eigenvalue weighted by Crippen LogP contribution is -2.18. The Morgan fingerprint density at radius 3 is 2.52 bits per heavy atom. The van der Waals surface area contributed by atoms with Gasteiger partial charge >= 0.3 is 0 Å². The maximum atomic E-state index is 12.2. The molecule has 1 N–H and O–H groups in total. The molecule has 25 heavy (non-hydrogen) atoms. The molecule has 2 aromatic rings. The predicted molar refractivity (Wildman–Crippen MR) is 93.4 cm³/mol. The van der Waals surface area contributed by atoms with Crippen LogP contribution in [0.2, 0.25) is 0 Å². The zero-order valence-corrected chi connectivity index (χ0v) is 14.5. The number of hydrogen-bond acceptors (Lipinski definition) is 6. The van der Waals surface area contributed by atoms with Crippen LogP contribution < -0.4 is 9.57 Å². The largest absolute Gasteiger partial charge is 0.494 e. The highest BCUT2D eigenvalue weighted by Gasteiger charge is 2.19. The molecule has 0 heterocycles. The van der Waals surface area contributed by atoms with Crippen LogP contribution in [-0.4, -0.2) is 26.2 Å². The number of benzene rings is 2. The number of nitro benzene ring substituents is 1. The molecule has 0 unspecified atom stereocenters. The van der Waals surface area contributed by atoms with Crippen molar-refractivity contribution in [1.82, 2.24) is 4.83 Å². The lowest BCUT2D eigenvalue weighted by atomic mass is 10.2. The summed E-state index contributed by atoms with van der Waals surface area (Å²) in [7, 11) is -4.00. The number of aryl methyl sites for hydroxylation is 1. The van der Waals surface area contributed by atoms with Gasteiger partial charge in [0.2, 0.25) is 0 Å². The van der Waals surface area contributed by atoms with Crippen molar-refractivity contribution in [2.45, 2.75) is 18.7 Å². The van der Waals surface area contributed by atoms with Crippen LogP contribution >= 0.6 is 0 Å². The number of hydrogen-bond donors (Lipinski definition) is 1. The predicted octanol–water partition coefficient (Wildman–Crippen LogP) is 2.61. The van der Waals surface area contributed by atoms with E-state index in [1.807, 2.05) is 11.8 Å². The minimum absolute atomic E-state index is 0.228. The molecule has 0 fully saturated rings. The fourth-order valence-electron chi connectivity index (χ4n) is 1.99. The van der Waals surface area contributed by atoms with Gasteiger partial charge in [-0.05, 0) is 49.7 Å². The van der Waals surface area contributed by atoms with Crippen LogP contribution in [0.4, 0.5) is 5.69 Å². The van der Waals surface area contributed by atoms with Crippen molar-refractivity contribution in [3.05, 3.63) is 63.7 Å². The van der Waals surface area contributed by atoms with Crippen molar-refractivity contribution in [2.75, 3.05) is 6.61 Å². The monoisotopic (exact) mass is 363 g/mol. The minimum Gasteiger partial charge on any atom is -0.494 e. The summed E-state index contributed by atoms with van der Waals surface area (Å²) >= 11 is 0. The van der Waals surface area contributed by atoms with E-state index in [1.165, 1.54) is 25.3 Å². The topological polar surface area (TPSA) is 111 Å². The van der Waals surface area contributed by atoms with Crippen molar-refractivity contribution in [3.63, 3.8) is 0 Å². The Balaban J connectivity index is 2.13. The summed E-state index contributed by atoms with van der Waals surface area (Å²) in [5.74, 6) is 0.701. The number of nitrogens with one attached hydrogen (secondary N) is 1. The third-order valence-electron chi connectivity index (χ3n) is 3.27. The Labute approximate surface area is 145 Å². The summed E-state index contributed by atoms with van der Waals surface area (Å²) in [5, 5.41) is 14.6. The zero-order chi connectivity index (χ0) is 18.4. The summed E-state index contributed by atoms with van der Waals surface area (Å²) in [4.78, 5) is 12.1.